The lowest BCUT2D eigenvalue weighted by Gasteiger charge is -2.35. The number of hydrogen-bond donors (Lipinski definition) is 0. The Hall–Kier alpha value is -0.660. The normalized spacial score (nSPS) is 14.7. The highest BCUT2D eigenvalue weighted by Gasteiger charge is 2.40. The molecule has 0 saturated carbocycles. The second-order valence-corrected chi connectivity index (χ2v) is 7.14. The van der Waals surface area contributed by atoms with Crippen molar-refractivity contribution >= 4 is 11.6 Å². The fraction of sp³-hybridized carbons (Fsp3) is 0.875. The average Bonchev–Trinajstić information content (AvgIpc) is 2.24. The molecule has 0 fully saturated rings. The van der Waals surface area contributed by atoms with Gasteiger partial charge in [0.05, 0.1) is 0 Å². The van der Waals surface area contributed by atoms with Crippen molar-refractivity contribution in [3.8, 4) is 0 Å². The van der Waals surface area contributed by atoms with E-state index in [1.54, 1.807) is 0 Å². The van der Waals surface area contributed by atoms with Crippen molar-refractivity contribution in [2.45, 2.75) is 68.2 Å². The Morgan fingerprint density at radius 1 is 0.889 bits per heavy atom. The fourth-order valence-corrected chi connectivity index (χ4v) is 2.91. The van der Waals surface area contributed by atoms with Gasteiger partial charge in [0.25, 0.3) is 0 Å². The molecular weight excluding hydrogens is 224 g/mol. The highest BCUT2D eigenvalue weighted by atomic mass is 16.1. The van der Waals surface area contributed by atoms with Crippen LogP contribution in [0.5, 0.6) is 0 Å². The van der Waals surface area contributed by atoms with Gasteiger partial charge < -0.3 is 0 Å². The van der Waals surface area contributed by atoms with Gasteiger partial charge in [-0.15, -0.1) is 0 Å². The molecule has 0 spiro atoms. The van der Waals surface area contributed by atoms with E-state index in [2.05, 4.69) is 0 Å². The SMILES string of the molecule is CCC(C)C(=O)C(C)(C)CC(C)(C)C(=O)C(C)C. The quantitative estimate of drug-likeness (QED) is 0.680. The summed E-state index contributed by atoms with van der Waals surface area (Å²) >= 11 is 0. The van der Waals surface area contributed by atoms with E-state index in [9.17, 15) is 9.59 Å². The molecule has 18 heavy (non-hydrogen) atoms. The van der Waals surface area contributed by atoms with Gasteiger partial charge in [-0.1, -0.05) is 55.4 Å². The van der Waals surface area contributed by atoms with Gasteiger partial charge in [-0.3, -0.25) is 9.59 Å². The van der Waals surface area contributed by atoms with Crippen LogP contribution in [-0.2, 0) is 9.59 Å². The largest absolute Gasteiger partial charge is 0.299 e. The Bertz CT molecular complexity index is 311. The molecule has 0 aliphatic rings. The Balaban J connectivity index is 4.97. The van der Waals surface area contributed by atoms with Gasteiger partial charge in [-0.2, -0.15) is 0 Å². The fourth-order valence-electron chi connectivity index (χ4n) is 2.91. The zero-order valence-electron chi connectivity index (χ0n) is 13.4. The van der Waals surface area contributed by atoms with E-state index >= 15 is 0 Å². The van der Waals surface area contributed by atoms with Crippen LogP contribution in [0.1, 0.15) is 68.2 Å². The summed E-state index contributed by atoms with van der Waals surface area (Å²) in [6.45, 7) is 15.7. The average molecular weight is 254 g/mol. The van der Waals surface area contributed by atoms with Gasteiger partial charge in [0.15, 0.2) is 0 Å². The number of carbonyl (C=O) groups excluding carboxylic acids is 2. The molecule has 0 radical (unpaired) electrons. The monoisotopic (exact) mass is 254 g/mol. The standard InChI is InChI=1S/C16H30O2/c1-9-12(4)14(18)16(7,8)10-15(5,6)13(17)11(2)3/h11-12H,9-10H2,1-8H3. The highest BCUT2D eigenvalue weighted by molar-refractivity contribution is 5.89. The van der Waals surface area contributed by atoms with E-state index in [1.165, 1.54) is 0 Å². The number of ketones is 2. The molecule has 0 aromatic carbocycles. The van der Waals surface area contributed by atoms with E-state index in [1.807, 2.05) is 55.4 Å². The summed E-state index contributed by atoms with van der Waals surface area (Å²) in [6.07, 6.45) is 1.49. The molecule has 2 heteroatoms. The van der Waals surface area contributed by atoms with E-state index in [-0.39, 0.29) is 23.4 Å². The van der Waals surface area contributed by atoms with Crippen LogP contribution in [0.4, 0.5) is 0 Å². The Morgan fingerprint density at radius 2 is 1.28 bits per heavy atom. The van der Waals surface area contributed by atoms with Crippen molar-refractivity contribution in [1.82, 2.24) is 0 Å². The molecule has 0 aliphatic carbocycles. The molecule has 1 unspecified atom stereocenters. The van der Waals surface area contributed by atoms with Gasteiger partial charge in [-0.05, 0) is 12.8 Å². The molecule has 0 saturated heterocycles. The second kappa shape index (κ2) is 5.99. The summed E-state index contributed by atoms with van der Waals surface area (Å²) in [5.74, 6) is 0.613. The van der Waals surface area contributed by atoms with Gasteiger partial charge in [0.1, 0.15) is 11.6 Å². The molecule has 0 aromatic heterocycles. The van der Waals surface area contributed by atoms with E-state index < -0.39 is 10.8 Å². The van der Waals surface area contributed by atoms with E-state index in [0.717, 1.165) is 6.42 Å². The Morgan fingerprint density at radius 3 is 1.61 bits per heavy atom. The minimum Gasteiger partial charge on any atom is -0.299 e. The lowest BCUT2D eigenvalue weighted by molar-refractivity contribution is -0.137. The number of carbonyl (C=O) groups is 2. The van der Waals surface area contributed by atoms with Crippen molar-refractivity contribution in [2.75, 3.05) is 0 Å². The molecule has 0 heterocycles. The maximum absolute atomic E-state index is 12.4. The Kier molecular flexibility index (Phi) is 5.77. The number of rotatable bonds is 7. The molecule has 0 rings (SSSR count). The minimum atomic E-state index is -0.430. The number of Topliss-reactive ketones (excluding diaryl/α,β-unsaturated/α-hetero) is 2. The molecule has 1 atom stereocenters. The zero-order chi connectivity index (χ0) is 14.7. The van der Waals surface area contributed by atoms with Gasteiger partial charge in [0, 0.05) is 22.7 Å². The first-order valence-corrected chi connectivity index (χ1v) is 7.04. The van der Waals surface area contributed by atoms with E-state index in [4.69, 9.17) is 0 Å². The maximum atomic E-state index is 12.4. The van der Waals surface area contributed by atoms with Crippen molar-refractivity contribution in [3.63, 3.8) is 0 Å². The van der Waals surface area contributed by atoms with Crippen LogP contribution in [0.15, 0.2) is 0 Å². The number of hydrogen-bond acceptors (Lipinski definition) is 2. The van der Waals surface area contributed by atoms with Crippen molar-refractivity contribution in [3.05, 3.63) is 0 Å². The third kappa shape index (κ3) is 4.22. The van der Waals surface area contributed by atoms with Crippen molar-refractivity contribution in [1.29, 1.82) is 0 Å². The topological polar surface area (TPSA) is 34.1 Å². The third-order valence-electron chi connectivity index (χ3n) is 3.80. The lowest BCUT2D eigenvalue weighted by Crippen LogP contribution is -2.38. The predicted octanol–water partition coefficient (Wildman–Crippen LogP) is 4.27. The first kappa shape index (κ1) is 17.3. The molecular formula is C16H30O2. The van der Waals surface area contributed by atoms with Gasteiger partial charge in [0.2, 0.25) is 0 Å². The van der Waals surface area contributed by atoms with Crippen LogP contribution in [0.3, 0.4) is 0 Å². The summed E-state index contributed by atoms with van der Waals surface area (Å²) in [5.41, 5.74) is -0.857. The van der Waals surface area contributed by atoms with Crippen molar-refractivity contribution in [2.24, 2.45) is 22.7 Å². The van der Waals surface area contributed by atoms with E-state index in [0.29, 0.717) is 6.42 Å². The summed E-state index contributed by atoms with van der Waals surface area (Å²) in [7, 11) is 0. The molecule has 0 N–H and O–H groups in total. The summed E-state index contributed by atoms with van der Waals surface area (Å²) in [5, 5.41) is 0. The van der Waals surface area contributed by atoms with Crippen LogP contribution in [-0.4, -0.2) is 11.6 Å². The molecule has 2 nitrogen and oxygen atoms in total. The smallest absolute Gasteiger partial charge is 0.141 e. The Labute approximate surface area is 113 Å². The summed E-state index contributed by atoms with van der Waals surface area (Å²) in [6, 6.07) is 0. The second-order valence-electron chi connectivity index (χ2n) is 7.14. The maximum Gasteiger partial charge on any atom is 0.141 e. The van der Waals surface area contributed by atoms with Crippen LogP contribution in [0, 0.1) is 22.7 Å². The lowest BCUT2D eigenvalue weighted by atomic mass is 9.67. The van der Waals surface area contributed by atoms with Gasteiger partial charge >= 0.3 is 0 Å². The molecule has 0 amide bonds. The first-order chi connectivity index (χ1) is 7.95. The summed E-state index contributed by atoms with van der Waals surface area (Å²) in [4.78, 5) is 24.5. The third-order valence-corrected chi connectivity index (χ3v) is 3.80. The van der Waals surface area contributed by atoms with Crippen LogP contribution in [0.25, 0.3) is 0 Å². The molecule has 0 aliphatic heterocycles. The van der Waals surface area contributed by atoms with Crippen LogP contribution < -0.4 is 0 Å². The first-order valence-electron chi connectivity index (χ1n) is 7.04. The van der Waals surface area contributed by atoms with Crippen molar-refractivity contribution < 1.29 is 9.59 Å². The molecule has 0 aromatic rings. The van der Waals surface area contributed by atoms with Crippen LogP contribution >= 0.6 is 0 Å². The predicted molar refractivity (Wildman–Crippen MR) is 76.5 cm³/mol. The summed E-state index contributed by atoms with van der Waals surface area (Å²) < 4.78 is 0. The van der Waals surface area contributed by atoms with Crippen LogP contribution in [0.2, 0.25) is 0 Å². The zero-order valence-corrected chi connectivity index (χ0v) is 13.4. The minimum absolute atomic E-state index is 0.0227. The molecule has 106 valence electrons. The molecule has 0 bridgehead atoms. The van der Waals surface area contributed by atoms with Gasteiger partial charge in [-0.25, -0.2) is 0 Å². The highest BCUT2D eigenvalue weighted by Crippen LogP contribution is 2.38.